The van der Waals surface area contributed by atoms with Gasteiger partial charge in [-0.05, 0) is 18.6 Å². The second kappa shape index (κ2) is 7.25. The van der Waals surface area contributed by atoms with Gasteiger partial charge in [0.25, 0.3) is 0 Å². The highest BCUT2D eigenvalue weighted by atomic mass is 35.5. The van der Waals surface area contributed by atoms with Crippen molar-refractivity contribution in [3.8, 4) is 0 Å². The number of piperazine rings is 1. The molecule has 2 heterocycles. The first-order chi connectivity index (χ1) is 11.0. The molecule has 128 valence electrons. The summed E-state index contributed by atoms with van der Waals surface area (Å²) in [6.07, 6.45) is 0.884. The SMILES string of the molecule is O=S(=O)(Cc1c(Cl)cccc1Cl)N1CCC(N2CCNCC2)C1. The molecule has 0 radical (unpaired) electrons. The van der Waals surface area contributed by atoms with Crippen molar-refractivity contribution in [3.05, 3.63) is 33.8 Å². The van der Waals surface area contributed by atoms with Gasteiger partial charge in [0.1, 0.15) is 0 Å². The number of halogens is 2. The first kappa shape index (κ1) is 17.5. The lowest BCUT2D eigenvalue weighted by molar-refractivity contribution is 0.179. The normalized spacial score (nSPS) is 24.2. The molecule has 1 atom stereocenters. The molecular formula is C15H21Cl2N3O2S. The number of benzene rings is 1. The van der Waals surface area contributed by atoms with E-state index in [2.05, 4.69) is 10.2 Å². The largest absolute Gasteiger partial charge is 0.314 e. The van der Waals surface area contributed by atoms with Crippen molar-refractivity contribution in [2.24, 2.45) is 0 Å². The number of hydrogen-bond acceptors (Lipinski definition) is 4. The number of nitrogens with zero attached hydrogens (tertiary/aromatic N) is 2. The van der Waals surface area contributed by atoms with Gasteiger partial charge < -0.3 is 5.32 Å². The van der Waals surface area contributed by atoms with Gasteiger partial charge in [-0.25, -0.2) is 12.7 Å². The molecule has 1 unspecified atom stereocenters. The molecule has 0 aromatic heterocycles. The van der Waals surface area contributed by atoms with Gasteiger partial charge in [-0.1, -0.05) is 29.3 Å². The summed E-state index contributed by atoms with van der Waals surface area (Å²) in [7, 11) is -3.41. The molecular weight excluding hydrogens is 357 g/mol. The van der Waals surface area contributed by atoms with Crippen LogP contribution in [0.25, 0.3) is 0 Å². The number of nitrogens with one attached hydrogen (secondary N) is 1. The van der Waals surface area contributed by atoms with E-state index in [9.17, 15) is 8.42 Å². The molecule has 0 saturated carbocycles. The van der Waals surface area contributed by atoms with Crippen LogP contribution in [-0.4, -0.2) is 62.9 Å². The molecule has 1 aromatic rings. The lowest BCUT2D eigenvalue weighted by atomic mass is 10.2. The van der Waals surface area contributed by atoms with E-state index in [0.717, 1.165) is 32.6 Å². The zero-order valence-corrected chi connectivity index (χ0v) is 15.2. The Morgan fingerprint density at radius 1 is 1.13 bits per heavy atom. The summed E-state index contributed by atoms with van der Waals surface area (Å²) in [5.41, 5.74) is 0.487. The molecule has 5 nitrogen and oxygen atoms in total. The number of hydrogen-bond donors (Lipinski definition) is 1. The van der Waals surface area contributed by atoms with Crippen LogP contribution in [0, 0.1) is 0 Å². The van der Waals surface area contributed by atoms with Crippen LogP contribution in [0.1, 0.15) is 12.0 Å². The number of rotatable bonds is 4. The van der Waals surface area contributed by atoms with Crippen molar-refractivity contribution in [2.45, 2.75) is 18.2 Å². The van der Waals surface area contributed by atoms with Gasteiger partial charge in [0.05, 0.1) is 5.75 Å². The molecule has 3 rings (SSSR count). The van der Waals surface area contributed by atoms with Gasteiger partial charge in [-0.2, -0.15) is 0 Å². The predicted molar refractivity (Wildman–Crippen MR) is 93.5 cm³/mol. The quantitative estimate of drug-likeness (QED) is 0.868. The fourth-order valence-electron chi connectivity index (χ4n) is 3.25. The second-order valence-electron chi connectivity index (χ2n) is 6.04. The van der Waals surface area contributed by atoms with Gasteiger partial charge >= 0.3 is 0 Å². The Bertz CT molecular complexity index is 642. The third-order valence-electron chi connectivity index (χ3n) is 4.58. The van der Waals surface area contributed by atoms with Gasteiger partial charge in [-0.3, -0.25) is 4.90 Å². The topological polar surface area (TPSA) is 52.7 Å². The maximum Gasteiger partial charge on any atom is 0.218 e. The molecule has 0 spiro atoms. The maximum atomic E-state index is 12.7. The monoisotopic (exact) mass is 377 g/mol. The summed E-state index contributed by atoms with van der Waals surface area (Å²) in [5, 5.41) is 4.13. The van der Waals surface area contributed by atoms with E-state index in [0.29, 0.717) is 34.7 Å². The summed E-state index contributed by atoms with van der Waals surface area (Å²) in [5.74, 6) is -0.139. The average Bonchev–Trinajstić information content (AvgIpc) is 3.03. The molecule has 0 aliphatic carbocycles. The summed E-state index contributed by atoms with van der Waals surface area (Å²) in [6.45, 7) is 5.03. The second-order valence-corrected chi connectivity index (χ2v) is 8.83. The smallest absolute Gasteiger partial charge is 0.218 e. The van der Waals surface area contributed by atoms with Crippen molar-refractivity contribution in [2.75, 3.05) is 39.3 Å². The molecule has 2 aliphatic heterocycles. The van der Waals surface area contributed by atoms with Crippen molar-refractivity contribution in [1.29, 1.82) is 0 Å². The molecule has 1 N–H and O–H groups in total. The van der Waals surface area contributed by atoms with Gasteiger partial charge in [0.2, 0.25) is 10.0 Å². The maximum absolute atomic E-state index is 12.7. The standard InChI is InChI=1S/C15H21Cl2N3O2S/c16-14-2-1-3-15(17)13(14)11-23(21,22)20-7-4-12(10-20)19-8-5-18-6-9-19/h1-3,12,18H,4-11H2. The van der Waals surface area contributed by atoms with Gasteiger partial charge in [0.15, 0.2) is 0 Å². The minimum absolute atomic E-state index is 0.139. The van der Waals surface area contributed by atoms with Crippen LogP contribution in [0.4, 0.5) is 0 Å². The van der Waals surface area contributed by atoms with Crippen LogP contribution >= 0.6 is 23.2 Å². The molecule has 2 saturated heterocycles. The Balaban J connectivity index is 1.69. The molecule has 23 heavy (non-hydrogen) atoms. The van der Waals surface area contributed by atoms with Crippen LogP contribution in [-0.2, 0) is 15.8 Å². The molecule has 2 aliphatic rings. The lowest BCUT2D eigenvalue weighted by Crippen LogP contribution is -2.49. The highest BCUT2D eigenvalue weighted by molar-refractivity contribution is 7.88. The Labute approximate surface area is 147 Å². The van der Waals surface area contributed by atoms with Crippen LogP contribution in [0.3, 0.4) is 0 Å². The zero-order valence-electron chi connectivity index (χ0n) is 12.8. The summed E-state index contributed by atoms with van der Waals surface area (Å²) >= 11 is 12.2. The predicted octanol–water partition coefficient (Wildman–Crippen LogP) is 1.80. The Kier molecular flexibility index (Phi) is 5.50. The Hall–Kier alpha value is -0.370. The number of sulfonamides is 1. The van der Waals surface area contributed by atoms with Crippen LogP contribution < -0.4 is 5.32 Å². The van der Waals surface area contributed by atoms with Gasteiger partial charge in [-0.15, -0.1) is 0 Å². The third-order valence-corrected chi connectivity index (χ3v) is 7.06. The summed E-state index contributed by atoms with van der Waals surface area (Å²) < 4.78 is 27.0. The van der Waals surface area contributed by atoms with Crippen LogP contribution in [0.15, 0.2) is 18.2 Å². The van der Waals surface area contributed by atoms with E-state index in [4.69, 9.17) is 23.2 Å². The van der Waals surface area contributed by atoms with Crippen molar-refractivity contribution in [1.82, 2.24) is 14.5 Å². The lowest BCUT2D eigenvalue weighted by Gasteiger charge is -2.32. The minimum atomic E-state index is -3.41. The molecule has 2 fully saturated rings. The van der Waals surface area contributed by atoms with E-state index in [-0.39, 0.29) is 5.75 Å². The van der Waals surface area contributed by atoms with E-state index in [1.807, 2.05) is 0 Å². The van der Waals surface area contributed by atoms with Crippen molar-refractivity contribution >= 4 is 33.2 Å². The minimum Gasteiger partial charge on any atom is -0.314 e. The first-order valence-electron chi connectivity index (χ1n) is 7.83. The highest BCUT2D eigenvalue weighted by Crippen LogP contribution is 2.29. The molecule has 0 bridgehead atoms. The Morgan fingerprint density at radius 2 is 1.78 bits per heavy atom. The van der Waals surface area contributed by atoms with Crippen LogP contribution in [0.5, 0.6) is 0 Å². The van der Waals surface area contributed by atoms with E-state index in [1.165, 1.54) is 0 Å². The van der Waals surface area contributed by atoms with E-state index >= 15 is 0 Å². The highest BCUT2D eigenvalue weighted by Gasteiger charge is 2.35. The zero-order chi connectivity index (χ0) is 16.4. The fraction of sp³-hybridized carbons (Fsp3) is 0.600. The van der Waals surface area contributed by atoms with E-state index in [1.54, 1.807) is 22.5 Å². The summed E-state index contributed by atoms with van der Waals surface area (Å²) in [6, 6.07) is 5.38. The molecule has 1 aromatic carbocycles. The first-order valence-corrected chi connectivity index (χ1v) is 10.2. The summed E-state index contributed by atoms with van der Waals surface area (Å²) in [4.78, 5) is 2.38. The van der Waals surface area contributed by atoms with Crippen molar-refractivity contribution < 1.29 is 8.42 Å². The molecule has 0 amide bonds. The van der Waals surface area contributed by atoms with Crippen molar-refractivity contribution in [3.63, 3.8) is 0 Å². The van der Waals surface area contributed by atoms with Gasteiger partial charge in [0, 0.05) is 60.9 Å². The Morgan fingerprint density at radius 3 is 2.43 bits per heavy atom. The van der Waals surface area contributed by atoms with E-state index < -0.39 is 10.0 Å². The third kappa shape index (κ3) is 4.00. The average molecular weight is 378 g/mol. The fourth-order valence-corrected chi connectivity index (χ4v) is 5.58. The van der Waals surface area contributed by atoms with Crippen LogP contribution in [0.2, 0.25) is 10.0 Å². The molecule has 8 heteroatoms.